The van der Waals surface area contributed by atoms with Gasteiger partial charge in [0.1, 0.15) is 0 Å². The number of aliphatic hydroxyl groups is 1. The standard InChI is InChI=1S/C7H15O.Pr/c1-4-5-7(2,3)6-8;/h6,8H,4-5H2,1-3H3;/q-1;. The molecule has 0 rings (SSSR count). The van der Waals surface area contributed by atoms with Crippen LogP contribution in [0.4, 0.5) is 0 Å². The van der Waals surface area contributed by atoms with Gasteiger partial charge in [-0.15, -0.1) is 5.41 Å². The Morgan fingerprint density at radius 3 is 2.00 bits per heavy atom. The molecule has 1 nitrogen and oxygen atoms in total. The molecule has 0 fully saturated rings. The molecular formula is C7H15OPr-. The Morgan fingerprint density at radius 2 is 1.89 bits per heavy atom. The summed E-state index contributed by atoms with van der Waals surface area (Å²) in [6.45, 7) is 7.44. The second kappa shape index (κ2) is 6.06. The summed E-state index contributed by atoms with van der Waals surface area (Å²) in [7, 11) is 0. The summed E-state index contributed by atoms with van der Waals surface area (Å²) < 4.78 is 0. The molecular weight excluding hydrogens is 241 g/mol. The second-order valence-corrected chi connectivity index (χ2v) is 2.87. The first-order valence-corrected chi connectivity index (χ1v) is 3.11. The van der Waals surface area contributed by atoms with Crippen molar-refractivity contribution in [1.29, 1.82) is 0 Å². The van der Waals surface area contributed by atoms with Gasteiger partial charge >= 0.3 is 0 Å². The molecule has 2 heteroatoms. The van der Waals surface area contributed by atoms with Gasteiger partial charge in [-0.25, -0.2) is 6.61 Å². The van der Waals surface area contributed by atoms with Gasteiger partial charge in [-0.3, -0.25) is 0 Å². The fourth-order valence-corrected chi connectivity index (χ4v) is 0.709. The van der Waals surface area contributed by atoms with E-state index in [-0.39, 0.29) is 46.7 Å². The van der Waals surface area contributed by atoms with Crippen molar-refractivity contribution in [2.75, 3.05) is 0 Å². The van der Waals surface area contributed by atoms with Gasteiger partial charge in [0.25, 0.3) is 0 Å². The number of rotatable bonds is 3. The van der Waals surface area contributed by atoms with Gasteiger partial charge in [-0.1, -0.05) is 33.6 Å². The van der Waals surface area contributed by atoms with E-state index in [2.05, 4.69) is 6.92 Å². The maximum absolute atomic E-state index is 8.60. The van der Waals surface area contributed by atoms with E-state index in [1.54, 1.807) is 0 Å². The molecule has 0 bridgehead atoms. The van der Waals surface area contributed by atoms with E-state index < -0.39 is 0 Å². The maximum atomic E-state index is 8.60. The van der Waals surface area contributed by atoms with Gasteiger partial charge in [0.2, 0.25) is 0 Å². The monoisotopic (exact) mass is 256 g/mol. The Kier molecular flexibility index (Phi) is 8.72. The predicted octanol–water partition coefficient (Wildman–Crippen LogP) is 2.35. The zero-order chi connectivity index (χ0) is 6.62. The fourth-order valence-electron chi connectivity index (χ4n) is 0.709. The zero-order valence-electron chi connectivity index (χ0n) is 6.52. The zero-order valence-corrected chi connectivity index (χ0v) is 10.2. The normalized spacial score (nSPS) is 10.7. The van der Waals surface area contributed by atoms with E-state index in [0.29, 0.717) is 0 Å². The molecule has 0 heterocycles. The van der Waals surface area contributed by atoms with Gasteiger partial charge < -0.3 is 5.11 Å². The predicted molar refractivity (Wildman–Crippen MR) is 34.9 cm³/mol. The third-order valence-electron chi connectivity index (χ3n) is 1.24. The van der Waals surface area contributed by atoms with Gasteiger partial charge in [-0.05, 0) is 0 Å². The Morgan fingerprint density at radius 1 is 1.44 bits per heavy atom. The van der Waals surface area contributed by atoms with Gasteiger partial charge in [0.15, 0.2) is 0 Å². The molecule has 1 N–H and O–H groups in total. The van der Waals surface area contributed by atoms with E-state index in [1.807, 2.05) is 13.8 Å². The molecule has 0 atom stereocenters. The SMILES string of the molecule is CCCC(C)(C)[CH-]O.[Pr]. The van der Waals surface area contributed by atoms with Crippen LogP contribution in [0, 0.1) is 53.3 Å². The number of hydrogen-bond donors (Lipinski definition) is 1. The third-order valence-corrected chi connectivity index (χ3v) is 1.24. The molecule has 0 aromatic carbocycles. The third kappa shape index (κ3) is 7.22. The molecule has 0 aliphatic heterocycles. The summed E-state index contributed by atoms with van der Waals surface area (Å²) in [6.07, 6.45) is 2.19. The van der Waals surface area contributed by atoms with E-state index in [4.69, 9.17) is 5.11 Å². The van der Waals surface area contributed by atoms with Crippen molar-refractivity contribution in [3.05, 3.63) is 6.61 Å². The topological polar surface area (TPSA) is 20.2 Å². The average molecular weight is 256 g/mol. The van der Waals surface area contributed by atoms with Crippen molar-refractivity contribution in [1.82, 2.24) is 0 Å². The van der Waals surface area contributed by atoms with Crippen LogP contribution in [0.2, 0.25) is 0 Å². The minimum Gasteiger partial charge on any atom is -0.565 e. The molecule has 0 aliphatic carbocycles. The molecule has 0 aromatic heterocycles. The Balaban J connectivity index is 0. The van der Waals surface area contributed by atoms with Crippen molar-refractivity contribution < 1.29 is 46.4 Å². The first-order chi connectivity index (χ1) is 3.62. The molecule has 53 valence electrons. The quantitative estimate of drug-likeness (QED) is 0.768. The fraction of sp³-hybridized carbons (Fsp3) is 0.857. The van der Waals surface area contributed by atoms with Crippen molar-refractivity contribution in [2.24, 2.45) is 5.41 Å². The molecule has 0 unspecified atom stereocenters. The average Bonchev–Trinajstić information content (AvgIpc) is 1.67. The van der Waals surface area contributed by atoms with Crippen molar-refractivity contribution in [3.8, 4) is 0 Å². The molecule has 0 spiro atoms. The van der Waals surface area contributed by atoms with Crippen LogP contribution in [-0.4, -0.2) is 5.11 Å². The summed E-state index contributed by atoms with van der Waals surface area (Å²) in [5, 5.41) is 8.60. The van der Waals surface area contributed by atoms with Crippen LogP contribution >= 0.6 is 0 Å². The van der Waals surface area contributed by atoms with Crippen LogP contribution in [0.3, 0.4) is 0 Å². The Bertz CT molecular complexity index is 61.9. The number of hydrogen-bond acceptors (Lipinski definition) is 1. The molecule has 0 saturated carbocycles. The summed E-state index contributed by atoms with van der Waals surface area (Å²) in [6, 6.07) is 0. The summed E-state index contributed by atoms with van der Waals surface area (Å²) >= 11 is 0. The van der Waals surface area contributed by atoms with Crippen LogP contribution in [0.1, 0.15) is 33.6 Å². The van der Waals surface area contributed by atoms with Crippen LogP contribution in [0.15, 0.2) is 0 Å². The van der Waals surface area contributed by atoms with E-state index in [9.17, 15) is 0 Å². The molecule has 0 saturated heterocycles. The minimum atomic E-state index is 0. The minimum absolute atomic E-state index is 0. The van der Waals surface area contributed by atoms with E-state index in [1.165, 1.54) is 6.61 Å². The van der Waals surface area contributed by atoms with E-state index in [0.717, 1.165) is 12.8 Å². The first-order valence-electron chi connectivity index (χ1n) is 3.11. The molecule has 0 aromatic rings. The summed E-state index contributed by atoms with van der Waals surface area (Å²) in [5.41, 5.74) is 0.0226. The Labute approximate surface area is 91.2 Å². The summed E-state index contributed by atoms with van der Waals surface area (Å²) in [4.78, 5) is 0. The summed E-state index contributed by atoms with van der Waals surface area (Å²) in [5.74, 6) is 0. The van der Waals surface area contributed by atoms with Crippen LogP contribution < -0.4 is 0 Å². The first kappa shape index (κ1) is 13.0. The molecule has 1 radical (unpaired) electrons. The Hall–Kier alpha value is 1.32. The van der Waals surface area contributed by atoms with Gasteiger partial charge in [-0.2, -0.15) is 0 Å². The molecule has 9 heavy (non-hydrogen) atoms. The van der Waals surface area contributed by atoms with Crippen molar-refractivity contribution in [2.45, 2.75) is 33.6 Å². The maximum Gasteiger partial charge on any atom is 0 e. The van der Waals surface area contributed by atoms with Crippen molar-refractivity contribution >= 4 is 0 Å². The van der Waals surface area contributed by atoms with Gasteiger partial charge in [0.05, 0.1) is 0 Å². The molecule has 0 aliphatic rings. The van der Waals surface area contributed by atoms with Crippen LogP contribution in [0.5, 0.6) is 0 Å². The smallest absolute Gasteiger partial charge is 0 e. The van der Waals surface area contributed by atoms with Crippen molar-refractivity contribution in [3.63, 3.8) is 0 Å². The largest absolute Gasteiger partial charge is 0.565 e. The second-order valence-electron chi connectivity index (χ2n) is 2.87. The van der Waals surface area contributed by atoms with Crippen LogP contribution in [-0.2, 0) is 0 Å². The molecule has 0 amide bonds. The van der Waals surface area contributed by atoms with Crippen LogP contribution in [0.25, 0.3) is 0 Å². The van der Waals surface area contributed by atoms with E-state index >= 15 is 0 Å². The number of aliphatic hydroxyl groups excluding tert-OH is 1. The van der Waals surface area contributed by atoms with Gasteiger partial charge in [0, 0.05) is 41.3 Å².